The summed E-state index contributed by atoms with van der Waals surface area (Å²) in [6, 6.07) is 4.03. The minimum absolute atomic E-state index is 0.303. The van der Waals surface area contributed by atoms with E-state index in [0.717, 1.165) is 22.7 Å². The predicted molar refractivity (Wildman–Crippen MR) is 89.3 cm³/mol. The highest BCUT2D eigenvalue weighted by atomic mass is 32.2. The first-order valence-electron chi connectivity index (χ1n) is 7.50. The van der Waals surface area contributed by atoms with Crippen molar-refractivity contribution in [3.8, 4) is 0 Å². The molecule has 0 aliphatic rings. The van der Waals surface area contributed by atoms with E-state index < -0.39 is 45.7 Å². The van der Waals surface area contributed by atoms with Crippen molar-refractivity contribution in [3.05, 3.63) is 35.4 Å². The lowest BCUT2D eigenvalue weighted by Gasteiger charge is -2.32. The standard InChI is InChI=1S/C16H23F3N2O3S/c1-15(2,3)14(20-13(22)10-21(4)25(5,23)24)11-7-6-8-12(9-11)16(17,18)19/h6-9,14H,10H2,1-5H3,(H,20,22). The fourth-order valence-electron chi connectivity index (χ4n) is 2.22. The Morgan fingerprint density at radius 3 is 2.24 bits per heavy atom. The molecule has 0 aromatic heterocycles. The van der Waals surface area contributed by atoms with E-state index in [-0.39, 0.29) is 0 Å². The first-order chi connectivity index (χ1) is 11.1. The minimum atomic E-state index is -4.49. The molecule has 1 rings (SSSR count). The molecule has 0 spiro atoms. The third-order valence-corrected chi connectivity index (χ3v) is 4.91. The van der Waals surface area contributed by atoms with E-state index in [2.05, 4.69) is 5.32 Å². The van der Waals surface area contributed by atoms with E-state index in [4.69, 9.17) is 0 Å². The van der Waals surface area contributed by atoms with Crippen LogP contribution in [0, 0.1) is 5.41 Å². The molecule has 5 nitrogen and oxygen atoms in total. The van der Waals surface area contributed by atoms with Crippen molar-refractivity contribution >= 4 is 15.9 Å². The zero-order valence-electron chi connectivity index (χ0n) is 14.8. The van der Waals surface area contributed by atoms with Gasteiger partial charge < -0.3 is 5.32 Å². The molecular formula is C16H23F3N2O3S. The molecule has 1 N–H and O–H groups in total. The van der Waals surface area contributed by atoms with Gasteiger partial charge in [-0.25, -0.2) is 8.42 Å². The molecule has 1 aromatic rings. The van der Waals surface area contributed by atoms with Gasteiger partial charge in [0.15, 0.2) is 0 Å². The lowest BCUT2D eigenvalue weighted by atomic mass is 9.82. The van der Waals surface area contributed by atoms with Crippen LogP contribution in [0.2, 0.25) is 0 Å². The molecule has 142 valence electrons. The highest BCUT2D eigenvalue weighted by Gasteiger charge is 2.33. The van der Waals surface area contributed by atoms with Gasteiger partial charge >= 0.3 is 6.18 Å². The Hall–Kier alpha value is -1.61. The average molecular weight is 380 g/mol. The molecule has 1 aromatic carbocycles. The molecule has 0 fully saturated rings. The number of benzene rings is 1. The van der Waals surface area contributed by atoms with Gasteiger partial charge in [-0.05, 0) is 23.1 Å². The summed E-state index contributed by atoms with van der Waals surface area (Å²) in [6.07, 6.45) is -3.52. The molecule has 9 heteroatoms. The third-order valence-electron chi connectivity index (χ3n) is 3.65. The number of nitrogens with zero attached hydrogens (tertiary/aromatic N) is 1. The number of rotatable bonds is 5. The summed E-state index contributed by atoms with van der Waals surface area (Å²) in [5.41, 5.74) is -1.08. The first-order valence-corrected chi connectivity index (χ1v) is 9.35. The normalized spacial score (nSPS) is 14.4. The van der Waals surface area contributed by atoms with E-state index >= 15 is 0 Å². The fraction of sp³-hybridized carbons (Fsp3) is 0.562. The second kappa shape index (κ2) is 7.33. The molecule has 25 heavy (non-hydrogen) atoms. The number of nitrogens with one attached hydrogen (secondary N) is 1. The lowest BCUT2D eigenvalue weighted by Crippen LogP contribution is -2.42. The number of amides is 1. The topological polar surface area (TPSA) is 66.5 Å². The molecule has 0 heterocycles. The molecule has 1 unspecified atom stereocenters. The first kappa shape index (κ1) is 21.4. The second-order valence-electron chi connectivity index (χ2n) is 7.01. The van der Waals surface area contributed by atoms with Gasteiger partial charge in [0.1, 0.15) is 0 Å². The zero-order chi connectivity index (χ0) is 19.6. The van der Waals surface area contributed by atoms with Crippen molar-refractivity contribution in [2.45, 2.75) is 33.0 Å². The van der Waals surface area contributed by atoms with Crippen molar-refractivity contribution in [2.75, 3.05) is 19.8 Å². The molecule has 1 amide bonds. The molecule has 0 aliphatic carbocycles. The maximum atomic E-state index is 12.9. The molecule has 0 radical (unpaired) electrons. The van der Waals surface area contributed by atoms with E-state index in [1.807, 2.05) is 0 Å². The Morgan fingerprint density at radius 2 is 1.80 bits per heavy atom. The van der Waals surface area contributed by atoms with Crippen LogP contribution in [0.4, 0.5) is 13.2 Å². The van der Waals surface area contributed by atoms with Crippen LogP contribution in [0.3, 0.4) is 0 Å². The molecule has 0 bridgehead atoms. The van der Waals surface area contributed by atoms with Crippen LogP contribution >= 0.6 is 0 Å². The lowest BCUT2D eigenvalue weighted by molar-refractivity contribution is -0.137. The quantitative estimate of drug-likeness (QED) is 0.854. The molecule has 0 saturated carbocycles. The smallest absolute Gasteiger partial charge is 0.348 e. The fourth-order valence-corrected chi connectivity index (χ4v) is 2.57. The number of carbonyl (C=O) groups excluding carboxylic acids is 1. The largest absolute Gasteiger partial charge is 0.416 e. The van der Waals surface area contributed by atoms with Crippen LogP contribution in [-0.2, 0) is 21.0 Å². The van der Waals surface area contributed by atoms with Gasteiger partial charge in [0.05, 0.1) is 24.4 Å². The summed E-state index contributed by atoms with van der Waals surface area (Å²) in [7, 11) is -2.28. The Kier molecular flexibility index (Phi) is 6.28. The maximum absolute atomic E-state index is 12.9. The van der Waals surface area contributed by atoms with E-state index in [9.17, 15) is 26.4 Å². The molecule has 1 atom stereocenters. The van der Waals surface area contributed by atoms with Gasteiger partial charge in [0, 0.05) is 7.05 Å². The monoisotopic (exact) mass is 380 g/mol. The van der Waals surface area contributed by atoms with Crippen LogP contribution in [0.1, 0.15) is 37.9 Å². The molecule has 0 aliphatic heterocycles. The number of sulfonamides is 1. The predicted octanol–water partition coefficient (Wildman–Crippen LogP) is 2.80. The second-order valence-corrected chi connectivity index (χ2v) is 9.10. The summed E-state index contributed by atoms with van der Waals surface area (Å²) in [4.78, 5) is 12.2. The third kappa shape index (κ3) is 6.32. The molecular weight excluding hydrogens is 357 g/mol. The van der Waals surface area contributed by atoms with E-state index in [0.29, 0.717) is 5.56 Å². The number of alkyl halides is 3. The molecule has 0 saturated heterocycles. The number of halogens is 3. The van der Waals surface area contributed by atoms with Crippen molar-refractivity contribution in [3.63, 3.8) is 0 Å². The van der Waals surface area contributed by atoms with Gasteiger partial charge in [0.2, 0.25) is 15.9 Å². The number of hydrogen-bond donors (Lipinski definition) is 1. The summed E-state index contributed by atoms with van der Waals surface area (Å²) >= 11 is 0. The van der Waals surface area contributed by atoms with Crippen molar-refractivity contribution < 1.29 is 26.4 Å². The average Bonchev–Trinajstić information content (AvgIpc) is 2.41. The minimum Gasteiger partial charge on any atom is -0.348 e. The highest BCUT2D eigenvalue weighted by Crippen LogP contribution is 2.36. The number of likely N-dealkylation sites (N-methyl/N-ethyl adjacent to an activating group) is 1. The van der Waals surface area contributed by atoms with Crippen molar-refractivity contribution in [1.82, 2.24) is 9.62 Å². The van der Waals surface area contributed by atoms with Crippen LogP contribution < -0.4 is 5.32 Å². The van der Waals surface area contributed by atoms with E-state index in [1.54, 1.807) is 20.8 Å². The SMILES string of the molecule is CN(CC(=O)NC(c1cccc(C(F)(F)F)c1)C(C)(C)C)S(C)(=O)=O. The summed E-state index contributed by atoms with van der Waals surface area (Å²) < 4.78 is 62.5. The van der Waals surface area contributed by atoms with Gasteiger partial charge in [-0.3, -0.25) is 4.79 Å². The number of carbonyl (C=O) groups is 1. The number of hydrogen-bond acceptors (Lipinski definition) is 3. The summed E-state index contributed by atoms with van der Waals surface area (Å²) in [5, 5.41) is 2.64. The summed E-state index contributed by atoms with van der Waals surface area (Å²) in [5.74, 6) is -0.592. The Labute approximate surface area is 146 Å². The Bertz CT molecular complexity index is 725. The Balaban J connectivity index is 3.10. The van der Waals surface area contributed by atoms with Crippen LogP contribution in [0.25, 0.3) is 0 Å². The highest BCUT2D eigenvalue weighted by molar-refractivity contribution is 7.88. The van der Waals surface area contributed by atoms with Crippen molar-refractivity contribution in [2.24, 2.45) is 5.41 Å². The van der Waals surface area contributed by atoms with E-state index in [1.165, 1.54) is 19.2 Å². The van der Waals surface area contributed by atoms with Gasteiger partial charge in [-0.15, -0.1) is 0 Å². The van der Waals surface area contributed by atoms with Gasteiger partial charge in [-0.2, -0.15) is 17.5 Å². The van der Waals surface area contributed by atoms with Crippen LogP contribution in [0.5, 0.6) is 0 Å². The van der Waals surface area contributed by atoms with Crippen LogP contribution in [0.15, 0.2) is 24.3 Å². The van der Waals surface area contributed by atoms with Gasteiger partial charge in [0.25, 0.3) is 0 Å². The Morgan fingerprint density at radius 1 is 1.24 bits per heavy atom. The summed E-state index contributed by atoms with van der Waals surface area (Å²) in [6.45, 7) is 4.92. The van der Waals surface area contributed by atoms with Crippen molar-refractivity contribution in [1.29, 1.82) is 0 Å². The van der Waals surface area contributed by atoms with Gasteiger partial charge in [-0.1, -0.05) is 32.9 Å². The van der Waals surface area contributed by atoms with Crippen LogP contribution in [-0.4, -0.2) is 38.5 Å². The zero-order valence-corrected chi connectivity index (χ0v) is 15.6. The maximum Gasteiger partial charge on any atom is 0.416 e.